The Morgan fingerprint density at radius 3 is 2.63 bits per heavy atom. The molecule has 2 fully saturated rings. The quantitative estimate of drug-likeness (QED) is 0.860. The summed E-state index contributed by atoms with van der Waals surface area (Å²) in [4.78, 5) is 11.9. The number of nitrogens with zero attached hydrogens (tertiary/aromatic N) is 1. The first kappa shape index (κ1) is 18.9. The van der Waals surface area contributed by atoms with E-state index in [0.717, 1.165) is 44.9 Å². The molecule has 1 spiro atoms. The van der Waals surface area contributed by atoms with Gasteiger partial charge in [0.15, 0.2) is 0 Å². The molecule has 1 saturated carbocycles. The minimum Gasteiger partial charge on any atom is -0.356 e. The smallest absolute Gasteiger partial charge is 0.243 e. The van der Waals surface area contributed by atoms with Gasteiger partial charge in [0.1, 0.15) is 0 Å². The summed E-state index contributed by atoms with van der Waals surface area (Å²) >= 11 is 0. The van der Waals surface area contributed by atoms with Crippen molar-refractivity contribution in [2.45, 2.75) is 63.2 Å². The Hall–Kier alpha value is -1.40. The van der Waals surface area contributed by atoms with Crippen LogP contribution in [0.15, 0.2) is 23.1 Å². The lowest BCUT2D eigenvalue weighted by molar-refractivity contribution is -0.119. The summed E-state index contributed by atoms with van der Waals surface area (Å²) in [6.07, 6.45) is 8.82. The van der Waals surface area contributed by atoms with Gasteiger partial charge in [0.2, 0.25) is 15.9 Å². The van der Waals surface area contributed by atoms with Crippen LogP contribution in [0.5, 0.6) is 0 Å². The van der Waals surface area contributed by atoms with Crippen LogP contribution in [-0.2, 0) is 27.7 Å². The number of rotatable bonds is 4. The van der Waals surface area contributed by atoms with Gasteiger partial charge in [0.05, 0.1) is 4.90 Å². The average Bonchev–Trinajstić information content (AvgIpc) is 3.25. The van der Waals surface area contributed by atoms with Crippen LogP contribution in [0.4, 0.5) is 0 Å². The zero-order chi connectivity index (χ0) is 19.1. The monoisotopic (exact) mass is 390 g/mol. The standard InChI is InChI=1S/C21H30N2O3S/c1-16(24)22-13-19-14-23(15-21(19)10-3-2-4-11-21)27(25,26)20-9-8-17-6-5-7-18(17)12-20/h8-9,12,19H,2-7,10-11,13-15H2,1H3,(H,22,24). The molecule has 4 rings (SSSR count). The van der Waals surface area contributed by atoms with E-state index in [1.54, 1.807) is 10.4 Å². The Kier molecular flexibility index (Phi) is 5.06. The maximum absolute atomic E-state index is 13.4. The molecule has 1 saturated heterocycles. The predicted octanol–water partition coefficient (Wildman–Crippen LogP) is 2.88. The van der Waals surface area contributed by atoms with E-state index >= 15 is 0 Å². The first-order chi connectivity index (χ1) is 12.9. The topological polar surface area (TPSA) is 66.5 Å². The van der Waals surface area contributed by atoms with Gasteiger partial charge >= 0.3 is 0 Å². The molecule has 27 heavy (non-hydrogen) atoms. The lowest BCUT2D eigenvalue weighted by Crippen LogP contribution is -2.39. The number of benzene rings is 1. The van der Waals surface area contributed by atoms with Gasteiger partial charge in [-0.3, -0.25) is 4.79 Å². The molecule has 0 aromatic heterocycles. The summed E-state index contributed by atoms with van der Waals surface area (Å²) in [6, 6.07) is 5.68. The highest BCUT2D eigenvalue weighted by molar-refractivity contribution is 7.89. The fourth-order valence-electron chi connectivity index (χ4n) is 5.40. The Bertz CT molecular complexity index is 828. The first-order valence-electron chi connectivity index (χ1n) is 10.3. The van der Waals surface area contributed by atoms with Crippen molar-refractivity contribution in [3.8, 4) is 0 Å². The minimum atomic E-state index is -3.49. The lowest BCUT2D eigenvalue weighted by Gasteiger charge is -2.38. The van der Waals surface area contributed by atoms with E-state index in [1.165, 1.54) is 24.5 Å². The third kappa shape index (κ3) is 3.54. The molecule has 5 nitrogen and oxygen atoms in total. The molecule has 1 unspecified atom stereocenters. The van der Waals surface area contributed by atoms with Crippen LogP contribution in [0, 0.1) is 11.3 Å². The number of sulfonamides is 1. The van der Waals surface area contributed by atoms with E-state index in [0.29, 0.717) is 24.5 Å². The molecule has 3 aliphatic rings. The highest BCUT2D eigenvalue weighted by atomic mass is 32.2. The number of hydrogen-bond acceptors (Lipinski definition) is 3. The number of fused-ring (bicyclic) bond motifs is 1. The Morgan fingerprint density at radius 2 is 1.89 bits per heavy atom. The number of carbonyl (C=O) groups excluding carboxylic acids is 1. The van der Waals surface area contributed by atoms with Gasteiger partial charge < -0.3 is 5.32 Å². The van der Waals surface area contributed by atoms with Crippen LogP contribution in [0.2, 0.25) is 0 Å². The number of amides is 1. The van der Waals surface area contributed by atoms with E-state index in [2.05, 4.69) is 5.32 Å². The van der Waals surface area contributed by atoms with Gasteiger partial charge in [-0.05, 0) is 66.7 Å². The van der Waals surface area contributed by atoms with E-state index in [-0.39, 0.29) is 17.2 Å². The van der Waals surface area contributed by atoms with Gasteiger partial charge in [-0.2, -0.15) is 4.31 Å². The van der Waals surface area contributed by atoms with Crippen molar-refractivity contribution in [2.24, 2.45) is 11.3 Å². The van der Waals surface area contributed by atoms with Gasteiger partial charge in [-0.1, -0.05) is 25.3 Å². The molecule has 0 bridgehead atoms. The zero-order valence-electron chi connectivity index (χ0n) is 16.2. The number of aryl methyl sites for hydroxylation is 2. The molecule has 1 aromatic carbocycles. The number of carbonyl (C=O) groups is 1. The van der Waals surface area contributed by atoms with Crippen LogP contribution in [0.3, 0.4) is 0 Å². The van der Waals surface area contributed by atoms with Crippen molar-refractivity contribution in [1.82, 2.24) is 9.62 Å². The molecular formula is C21H30N2O3S. The average molecular weight is 391 g/mol. The normalized spacial score (nSPS) is 24.9. The van der Waals surface area contributed by atoms with Gasteiger partial charge in [-0.15, -0.1) is 0 Å². The highest BCUT2D eigenvalue weighted by Gasteiger charge is 2.50. The Balaban J connectivity index is 1.60. The van der Waals surface area contributed by atoms with Crippen LogP contribution in [0.1, 0.15) is 56.6 Å². The molecule has 1 heterocycles. The maximum Gasteiger partial charge on any atom is 0.243 e. The maximum atomic E-state index is 13.4. The molecule has 1 N–H and O–H groups in total. The van der Waals surface area contributed by atoms with E-state index < -0.39 is 10.0 Å². The fraction of sp³-hybridized carbons (Fsp3) is 0.667. The highest BCUT2D eigenvalue weighted by Crippen LogP contribution is 2.48. The molecule has 1 atom stereocenters. The number of hydrogen-bond donors (Lipinski definition) is 1. The lowest BCUT2D eigenvalue weighted by atomic mass is 9.68. The summed E-state index contributed by atoms with van der Waals surface area (Å²) in [5.74, 6) is 0.159. The van der Waals surface area contributed by atoms with Crippen molar-refractivity contribution in [2.75, 3.05) is 19.6 Å². The first-order valence-corrected chi connectivity index (χ1v) is 11.7. The van der Waals surface area contributed by atoms with Gasteiger partial charge in [0.25, 0.3) is 0 Å². The van der Waals surface area contributed by atoms with Crippen LogP contribution in [0.25, 0.3) is 0 Å². The van der Waals surface area contributed by atoms with Crippen molar-refractivity contribution in [3.63, 3.8) is 0 Å². The molecule has 0 radical (unpaired) electrons. The fourth-order valence-corrected chi connectivity index (χ4v) is 7.03. The molecular weight excluding hydrogens is 360 g/mol. The number of nitrogens with one attached hydrogen (secondary N) is 1. The van der Waals surface area contributed by atoms with Crippen LogP contribution < -0.4 is 5.32 Å². The van der Waals surface area contributed by atoms with Crippen molar-refractivity contribution < 1.29 is 13.2 Å². The summed E-state index contributed by atoms with van der Waals surface area (Å²) < 4.78 is 28.5. The largest absolute Gasteiger partial charge is 0.356 e. The van der Waals surface area contributed by atoms with E-state index in [9.17, 15) is 13.2 Å². The minimum absolute atomic E-state index is 0.0184. The Labute approximate surface area is 162 Å². The van der Waals surface area contributed by atoms with Gasteiger partial charge in [-0.25, -0.2) is 8.42 Å². The van der Waals surface area contributed by atoms with E-state index in [4.69, 9.17) is 0 Å². The second kappa shape index (κ2) is 7.21. The Morgan fingerprint density at radius 1 is 1.15 bits per heavy atom. The SMILES string of the molecule is CC(=O)NCC1CN(S(=O)(=O)c2ccc3c(c2)CCC3)CC12CCCCC2. The van der Waals surface area contributed by atoms with Crippen molar-refractivity contribution in [1.29, 1.82) is 0 Å². The van der Waals surface area contributed by atoms with Gasteiger partial charge in [0, 0.05) is 26.6 Å². The summed E-state index contributed by atoms with van der Waals surface area (Å²) in [5.41, 5.74) is 2.50. The summed E-state index contributed by atoms with van der Waals surface area (Å²) in [7, 11) is -3.49. The summed E-state index contributed by atoms with van der Waals surface area (Å²) in [5, 5.41) is 2.94. The molecule has 1 aromatic rings. The van der Waals surface area contributed by atoms with Crippen LogP contribution in [-0.4, -0.2) is 38.3 Å². The van der Waals surface area contributed by atoms with Crippen molar-refractivity contribution >= 4 is 15.9 Å². The second-order valence-corrected chi connectivity index (χ2v) is 10.6. The predicted molar refractivity (Wildman–Crippen MR) is 105 cm³/mol. The second-order valence-electron chi connectivity index (χ2n) is 8.64. The third-order valence-electron chi connectivity index (χ3n) is 6.94. The third-order valence-corrected chi connectivity index (χ3v) is 8.74. The molecule has 1 aliphatic heterocycles. The molecule has 148 valence electrons. The van der Waals surface area contributed by atoms with E-state index in [1.807, 2.05) is 12.1 Å². The zero-order valence-corrected chi connectivity index (χ0v) is 17.0. The van der Waals surface area contributed by atoms with Crippen molar-refractivity contribution in [3.05, 3.63) is 29.3 Å². The molecule has 1 amide bonds. The molecule has 6 heteroatoms. The molecule has 2 aliphatic carbocycles. The summed E-state index contributed by atoms with van der Waals surface area (Å²) in [6.45, 7) is 3.21. The van der Waals surface area contributed by atoms with Crippen LogP contribution >= 0.6 is 0 Å².